The molecular formula is C53H67Cl2I2N8O9PSSi2. The molecule has 0 saturated heterocycles. The first-order valence-electron chi connectivity index (χ1n) is 24.2. The number of nitro benzene ring substituents is 2. The lowest BCUT2D eigenvalue weighted by atomic mass is 9.91. The van der Waals surface area contributed by atoms with E-state index in [0.29, 0.717) is 44.9 Å². The molecule has 25 heteroatoms. The molecule has 0 unspecified atom stereocenters. The van der Waals surface area contributed by atoms with Crippen molar-refractivity contribution >= 4 is 131 Å². The van der Waals surface area contributed by atoms with Crippen LogP contribution in [0, 0.1) is 53.1 Å². The molecule has 5 rings (SSSR count). The molecule has 4 aromatic carbocycles. The molecule has 1 heterocycles. The molecule has 2 N–H and O–H groups in total. The van der Waals surface area contributed by atoms with E-state index in [4.69, 9.17) is 49.6 Å². The Morgan fingerprint density at radius 1 is 0.744 bits per heavy atom. The van der Waals surface area contributed by atoms with Crippen LogP contribution in [0.15, 0.2) is 77.2 Å². The van der Waals surface area contributed by atoms with Crippen molar-refractivity contribution in [2.24, 2.45) is 5.92 Å². The second-order valence-corrected chi connectivity index (χ2v) is 32.8. The molecule has 0 spiro atoms. The number of nitro groups is 2. The number of aromatic nitrogens is 2. The van der Waals surface area contributed by atoms with E-state index in [1.54, 1.807) is 37.3 Å². The van der Waals surface area contributed by atoms with Crippen molar-refractivity contribution in [2.75, 3.05) is 6.66 Å². The lowest BCUT2D eigenvalue weighted by molar-refractivity contribution is -0.385. The normalized spacial score (nSPS) is 13.0. The van der Waals surface area contributed by atoms with E-state index >= 15 is 0 Å². The van der Waals surface area contributed by atoms with Gasteiger partial charge in [-0.05, 0) is 137 Å². The topological polar surface area (TPSA) is 211 Å². The Labute approximate surface area is 500 Å². The van der Waals surface area contributed by atoms with Crippen molar-refractivity contribution < 1.29 is 32.7 Å². The highest BCUT2D eigenvalue weighted by Gasteiger charge is 2.42. The molecule has 420 valence electrons. The van der Waals surface area contributed by atoms with Gasteiger partial charge in [0.2, 0.25) is 29.1 Å². The van der Waals surface area contributed by atoms with Gasteiger partial charge in [-0.25, -0.2) is 9.69 Å². The maximum Gasteiger partial charge on any atom is 0.269 e. The van der Waals surface area contributed by atoms with Gasteiger partial charge < -0.3 is 13.3 Å². The molecule has 0 bridgehead atoms. The van der Waals surface area contributed by atoms with Gasteiger partial charge >= 0.3 is 0 Å². The average molecular weight is 1400 g/mol. The number of carbonyl (C=O) groups is 2. The lowest BCUT2D eigenvalue weighted by Gasteiger charge is -2.40. The minimum absolute atomic E-state index is 0.0111. The molecular weight excluding hydrogens is 1340 g/mol. The summed E-state index contributed by atoms with van der Waals surface area (Å²) in [7, 11) is -3.35. The van der Waals surface area contributed by atoms with Gasteiger partial charge in [-0.15, -0.1) is 10.2 Å². The number of hydrogen-bond acceptors (Lipinski definition) is 12. The Balaban J connectivity index is 0.000000493. The molecule has 4 atom stereocenters. The van der Waals surface area contributed by atoms with Crippen molar-refractivity contribution in [1.82, 2.24) is 21.0 Å². The Morgan fingerprint density at radius 3 is 1.56 bits per heavy atom. The summed E-state index contributed by atoms with van der Waals surface area (Å²) in [6.45, 7) is 45.6. The molecule has 0 fully saturated rings. The van der Waals surface area contributed by atoms with Crippen molar-refractivity contribution in [2.45, 2.75) is 136 Å². The van der Waals surface area contributed by atoms with Gasteiger partial charge in [0.15, 0.2) is 16.6 Å². The molecule has 0 aliphatic heterocycles. The predicted molar refractivity (Wildman–Crippen MR) is 337 cm³/mol. The Bertz CT molecular complexity index is 2990. The monoisotopic (exact) mass is 1400 g/mol. The van der Waals surface area contributed by atoms with E-state index in [1.807, 2.05) is 33.5 Å². The van der Waals surface area contributed by atoms with Gasteiger partial charge in [-0.2, -0.15) is 0 Å². The Morgan fingerprint density at radius 2 is 1.15 bits per heavy atom. The highest BCUT2D eigenvalue weighted by Crippen LogP contribution is 2.42. The maximum absolute atomic E-state index is 13.4. The zero-order valence-corrected chi connectivity index (χ0v) is 55.9. The first kappa shape index (κ1) is 69.8. The summed E-state index contributed by atoms with van der Waals surface area (Å²) < 4.78 is 19.3. The zero-order valence-electron chi connectivity index (χ0n) is 46.4. The number of carbonyl (C=O) groups excluding carboxylic acids is 2. The quantitative estimate of drug-likeness (QED) is 0.0236. The fraction of sp³-hybridized carbons (Fsp3) is 0.434. The van der Waals surface area contributed by atoms with E-state index in [0.717, 1.165) is 24.0 Å². The van der Waals surface area contributed by atoms with Crippen LogP contribution in [0.5, 0.6) is 0 Å². The number of hydrogen-bond donors (Lipinski definition) is 2. The standard InChI is InChI=1S/C26H33ClN4O5Si.C26H31ClN4O4Si.CH3PS.I2/c1-16-19(11-14-22(28-6)23(16)27)15-21(17(2)36-37(7,8)26(3,4)5)25(33)30-29-24(32)18-9-12-20(13-10-18)31(34)35;1-16-19(11-14-22(28-6)23(16)27)15-21(17(2)35-36(7,8)26(3,4)5)25-30-29-24(34-25)18-9-12-20(13-10-18)31(32)33;1-2-3;1-2/h9-14,17,21H,15H2,1-5,7-8H3,(H,29,32)(H,30,33);9-14,17,21H,15H2,1-5,7-8H3;1H3;/t2*17-,21+;;/m00../s1. The minimum Gasteiger partial charge on any atom is -0.420 e. The average Bonchev–Trinajstić information content (AvgIpc) is 3.86. The smallest absolute Gasteiger partial charge is 0.269 e. The molecule has 2 amide bonds. The molecule has 78 heavy (non-hydrogen) atoms. The van der Waals surface area contributed by atoms with Crippen molar-refractivity contribution in [3.05, 3.63) is 160 Å². The number of hydrazine groups is 1. The number of amides is 2. The number of nitrogens with zero attached hydrogens (tertiary/aromatic N) is 6. The van der Waals surface area contributed by atoms with Crippen LogP contribution in [0.2, 0.25) is 46.3 Å². The first-order chi connectivity index (χ1) is 36.2. The molecule has 5 aromatic rings. The highest BCUT2D eigenvalue weighted by molar-refractivity contribution is 15.0. The van der Waals surface area contributed by atoms with Gasteiger partial charge in [-0.1, -0.05) is 101 Å². The number of nitrogens with one attached hydrogen (secondary N) is 2. The van der Waals surface area contributed by atoms with E-state index in [1.165, 1.54) is 36.4 Å². The van der Waals surface area contributed by atoms with Crippen LogP contribution in [0.4, 0.5) is 22.7 Å². The van der Waals surface area contributed by atoms with Crippen LogP contribution in [-0.2, 0) is 38.3 Å². The zero-order chi connectivity index (χ0) is 59.7. The second kappa shape index (κ2) is 31.0. The van der Waals surface area contributed by atoms with E-state index in [2.05, 4.69) is 148 Å². The van der Waals surface area contributed by atoms with E-state index in [9.17, 15) is 29.8 Å². The molecule has 0 radical (unpaired) electrons. The fourth-order valence-corrected chi connectivity index (χ4v) is 10.5. The molecule has 0 saturated carbocycles. The summed E-state index contributed by atoms with van der Waals surface area (Å²) in [4.78, 5) is 53.6. The SMILES string of the molecule is CP=S.II.[C-]#[N+]c1ccc(C[C@@H](C(=O)NNC(=O)c2ccc([N+](=O)[O-])cc2)[C@H](C)O[Si](C)(C)C(C)(C)C)c(C)c1Cl.[C-]#[N+]c1ccc(C[C@@H](c2nnc(-c3ccc([N+](=O)[O-])cc3)o2)[C@H](C)O[Si](C)(C)C(C)(C)C)c(C)c1Cl. The van der Waals surface area contributed by atoms with Crippen LogP contribution >= 0.6 is 67.8 Å². The summed E-state index contributed by atoms with van der Waals surface area (Å²) in [5, 5.41) is 31.1. The molecule has 17 nitrogen and oxygen atoms in total. The number of halogens is 4. The predicted octanol–water partition coefficient (Wildman–Crippen LogP) is 16.8. The number of benzene rings is 4. The van der Waals surface area contributed by atoms with E-state index in [-0.39, 0.29) is 51.3 Å². The second-order valence-electron chi connectivity index (χ2n) is 21.1. The van der Waals surface area contributed by atoms with Crippen molar-refractivity contribution in [1.29, 1.82) is 0 Å². The highest BCUT2D eigenvalue weighted by atomic mass is 128. The van der Waals surface area contributed by atoms with Gasteiger partial charge in [-0.3, -0.25) is 40.7 Å². The largest absolute Gasteiger partial charge is 0.420 e. The minimum atomic E-state index is -2.23. The third-order valence-corrected chi connectivity index (χ3v) is 23.9. The summed E-state index contributed by atoms with van der Waals surface area (Å²) in [5.74, 6) is -1.32. The van der Waals surface area contributed by atoms with Crippen LogP contribution in [0.3, 0.4) is 0 Å². The molecule has 0 aliphatic rings. The van der Waals surface area contributed by atoms with Crippen molar-refractivity contribution in [3.63, 3.8) is 0 Å². The maximum atomic E-state index is 13.4. The van der Waals surface area contributed by atoms with E-state index < -0.39 is 50.3 Å². The van der Waals surface area contributed by atoms with Crippen LogP contribution in [-0.4, -0.2) is 67.4 Å². The van der Waals surface area contributed by atoms with Crippen LogP contribution in [0.25, 0.3) is 21.1 Å². The summed E-state index contributed by atoms with van der Waals surface area (Å²) in [6.07, 6.45) is 0.0750. The molecule has 1 aromatic heterocycles. The van der Waals surface area contributed by atoms with Crippen molar-refractivity contribution in [3.8, 4) is 11.5 Å². The summed E-state index contributed by atoms with van der Waals surface area (Å²) in [6, 6.07) is 18.1. The lowest BCUT2D eigenvalue weighted by Crippen LogP contribution is -2.51. The van der Waals surface area contributed by atoms with Gasteiger partial charge in [0.25, 0.3) is 17.3 Å². The van der Waals surface area contributed by atoms with Gasteiger partial charge in [0.1, 0.15) is 0 Å². The Hall–Kier alpha value is -4.35. The summed E-state index contributed by atoms with van der Waals surface area (Å²) in [5.41, 5.74) is 9.54. The van der Waals surface area contributed by atoms with Crippen LogP contribution < -0.4 is 10.9 Å². The van der Waals surface area contributed by atoms with Gasteiger partial charge in [0.05, 0.1) is 57.1 Å². The molecule has 0 aliphatic carbocycles. The van der Waals surface area contributed by atoms with Crippen LogP contribution in [0.1, 0.15) is 99.8 Å². The number of non-ortho nitro benzene ring substituents is 2. The van der Waals surface area contributed by atoms with Gasteiger partial charge in [0, 0.05) is 72.6 Å². The Kier molecular flexibility index (Phi) is 27.7. The third kappa shape index (κ3) is 19.4. The number of rotatable bonds is 16. The summed E-state index contributed by atoms with van der Waals surface area (Å²) >= 11 is 21.4. The first-order valence-corrected chi connectivity index (χ1v) is 39.4. The third-order valence-electron chi connectivity index (χ3n) is 13.8. The fourth-order valence-electron chi connectivity index (χ4n) is 7.13.